The molecule has 1 rings (SSSR count). The minimum atomic E-state index is 0.390. The third-order valence-electron chi connectivity index (χ3n) is 4.16. The van der Waals surface area contributed by atoms with E-state index in [9.17, 15) is 9.81 Å². The summed E-state index contributed by atoms with van der Waals surface area (Å²) in [5.41, 5.74) is 1.50. The molecule has 0 N–H and O–H groups in total. The molecule has 0 spiro atoms. The average molecular weight is 334 g/mol. The van der Waals surface area contributed by atoms with Crippen molar-refractivity contribution in [1.82, 2.24) is 0 Å². The first kappa shape index (κ1) is 20.1. The van der Waals surface area contributed by atoms with Crippen molar-refractivity contribution in [2.24, 2.45) is 10.6 Å². The predicted molar refractivity (Wildman–Crippen MR) is 101 cm³/mol. The fourth-order valence-electron chi connectivity index (χ4n) is 2.73. The maximum Gasteiger partial charge on any atom is 0.0924 e. The number of hydrogen-bond acceptors (Lipinski definition) is 5. The first-order valence-electron chi connectivity index (χ1n) is 9.08. The lowest BCUT2D eigenvalue weighted by atomic mass is 10.1. The summed E-state index contributed by atoms with van der Waals surface area (Å²) in [5, 5.41) is 5.72. The summed E-state index contributed by atoms with van der Waals surface area (Å²) < 4.78 is 0. The summed E-state index contributed by atoms with van der Waals surface area (Å²) in [7, 11) is 0. The van der Waals surface area contributed by atoms with Gasteiger partial charge in [-0.1, -0.05) is 57.5 Å². The maximum absolute atomic E-state index is 10.5. The largest absolute Gasteiger partial charge is 0.372 e. The van der Waals surface area contributed by atoms with Crippen LogP contribution in [0.3, 0.4) is 0 Å². The Morgan fingerprint density at radius 3 is 1.58 bits per heavy atom. The third-order valence-corrected chi connectivity index (χ3v) is 4.16. The van der Waals surface area contributed by atoms with Crippen LogP contribution in [0.25, 0.3) is 0 Å². The lowest BCUT2D eigenvalue weighted by Crippen LogP contribution is -2.25. The van der Waals surface area contributed by atoms with Gasteiger partial charge in [-0.3, -0.25) is 0 Å². The molecule has 1 aromatic rings. The number of unbranched alkanes of at least 4 members (excludes halogenated alkanes) is 6. The van der Waals surface area contributed by atoms with E-state index in [1.807, 2.05) is 12.1 Å². The van der Waals surface area contributed by atoms with Crippen LogP contribution in [0.1, 0.15) is 65.2 Å². The maximum atomic E-state index is 10.5. The second-order valence-corrected chi connectivity index (χ2v) is 6.08. The van der Waals surface area contributed by atoms with Crippen LogP contribution in [0.4, 0.5) is 11.4 Å². The van der Waals surface area contributed by atoms with E-state index in [-0.39, 0.29) is 0 Å². The molecule has 0 heterocycles. The molecule has 24 heavy (non-hydrogen) atoms. The zero-order valence-electron chi connectivity index (χ0n) is 15.0. The summed E-state index contributed by atoms with van der Waals surface area (Å²) in [6.07, 6.45) is 9.87. The summed E-state index contributed by atoms with van der Waals surface area (Å²) in [6.45, 7) is 6.50. The molecule has 0 aliphatic rings. The molecular weight excluding hydrogens is 304 g/mol. The summed E-state index contributed by atoms with van der Waals surface area (Å²) in [6, 6.07) is 7.28. The standard InChI is InChI=1S/C18H30N4O2/c1-3-5-7-9-15-21(16-10-8-6-4-2)17-11-13-18(14-12-17)22(19-23)20-24/h11-14H,3-10,15-16H2,1-2H3. The Morgan fingerprint density at radius 1 is 0.708 bits per heavy atom. The number of benzene rings is 1. The minimum Gasteiger partial charge on any atom is -0.372 e. The molecule has 0 radical (unpaired) electrons. The highest BCUT2D eigenvalue weighted by atomic mass is 16.4. The number of nitroso groups, excluding NO2 is 2. The summed E-state index contributed by atoms with van der Waals surface area (Å²) in [5.74, 6) is 0. The molecule has 0 bridgehead atoms. The van der Waals surface area contributed by atoms with Crippen LogP contribution < -0.4 is 10.0 Å². The van der Waals surface area contributed by atoms with Gasteiger partial charge in [-0.25, -0.2) is 0 Å². The zero-order chi connectivity index (χ0) is 17.6. The van der Waals surface area contributed by atoms with E-state index >= 15 is 0 Å². The summed E-state index contributed by atoms with van der Waals surface area (Å²) in [4.78, 5) is 23.5. The normalized spacial score (nSPS) is 10.4. The second-order valence-electron chi connectivity index (χ2n) is 6.08. The molecule has 6 nitrogen and oxygen atoms in total. The van der Waals surface area contributed by atoms with Gasteiger partial charge >= 0.3 is 0 Å². The number of hydrogen-bond donors (Lipinski definition) is 0. The molecule has 0 unspecified atom stereocenters. The molecule has 0 aromatic heterocycles. The second kappa shape index (κ2) is 12.4. The van der Waals surface area contributed by atoms with E-state index in [0.29, 0.717) is 10.8 Å². The lowest BCUT2D eigenvalue weighted by molar-refractivity contribution is 0.609. The van der Waals surface area contributed by atoms with Gasteiger partial charge in [0, 0.05) is 18.8 Å². The minimum absolute atomic E-state index is 0.390. The van der Waals surface area contributed by atoms with Crippen molar-refractivity contribution in [3.63, 3.8) is 0 Å². The molecule has 0 fully saturated rings. The Balaban J connectivity index is 2.68. The van der Waals surface area contributed by atoms with E-state index in [1.54, 1.807) is 12.1 Å². The van der Waals surface area contributed by atoms with Crippen LogP contribution in [0.2, 0.25) is 0 Å². The van der Waals surface area contributed by atoms with Crippen molar-refractivity contribution in [2.45, 2.75) is 65.2 Å². The van der Waals surface area contributed by atoms with Gasteiger partial charge in [0.1, 0.15) is 0 Å². The molecular formula is C18H30N4O2. The quantitative estimate of drug-likeness (QED) is 0.244. The van der Waals surface area contributed by atoms with E-state index in [4.69, 9.17) is 0 Å². The van der Waals surface area contributed by atoms with Gasteiger partial charge in [-0.05, 0) is 37.1 Å². The van der Waals surface area contributed by atoms with Crippen LogP contribution in [0, 0.1) is 9.81 Å². The van der Waals surface area contributed by atoms with Gasteiger partial charge in [0.25, 0.3) is 0 Å². The van der Waals surface area contributed by atoms with Gasteiger partial charge in [-0.15, -0.1) is 9.81 Å². The molecule has 0 aliphatic carbocycles. The van der Waals surface area contributed by atoms with Crippen molar-refractivity contribution in [2.75, 3.05) is 23.1 Å². The lowest BCUT2D eigenvalue weighted by Gasteiger charge is -2.25. The van der Waals surface area contributed by atoms with Crippen molar-refractivity contribution in [3.8, 4) is 0 Å². The van der Waals surface area contributed by atoms with Crippen molar-refractivity contribution in [1.29, 1.82) is 0 Å². The molecule has 0 saturated heterocycles. The Kier molecular flexibility index (Phi) is 10.4. The van der Waals surface area contributed by atoms with Crippen molar-refractivity contribution >= 4 is 11.4 Å². The smallest absolute Gasteiger partial charge is 0.0924 e. The molecule has 1 aromatic carbocycles. The molecule has 0 aliphatic heterocycles. The van der Waals surface area contributed by atoms with Crippen LogP contribution in [0.15, 0.2) is 34.8 Å². The molecule has 134 valence electrons. The Bertz CT molecular complexity index is 445. The van der Waals surface area contributed by atoms with Crippen LogP contribution in [-0.2, 0) is 0 Å². The fourth-order valence-corrected chi connectivity index (χ4v) is 2.73. The Morgan fingerprint density at radius 2 is 1.17 bits per heavy atom. The van der Waals surface area contributed by atoms with Gasteiger partial charge in [0.15, 0.2) is 0 Å². The van der Waals surface area contributed by atoms with Crippen molar-refractivity contribution < 1.29 is 0 Å². The van der Waals surface area contributed by atoms with Gasteiger partial charge in [-0.2, -0.15) is 0 Å². The zero-order valence-corrected chi connectivity index (χ0v) is 15.0. The highest BCUT2D eigenvalue weighted by molar-refractivity contribution is 5.55. The highest BCUT2D eigenvalue weighted by Gasteiger charge is 2.10. The number of anilines is 2. The molecule has 6 heteroatoms. The Hall–Kier alpha value is -1.98. The fraction of sp³-hybridized carbons (Fsp3) is 0.667. The number of nitrogens with zero attached hydrogens (tertiary/aromatic N) is 4. The van der Waals surface area contributed by atoms with Gasteiger partial charge in [0.2, 0.25) is 0 Å². The van der Waals surface area contributed by atoms with Gasteiger partial charge < -0.3 is 4.90 Å². The SMILES string of the molecule is CCCCCCN(CCCCCC)c1ccc(N(N=O)N=O)cc1. The first-order chi connectivity index (χ1) is 11.8. The monoisotopic (exact) mass is 334 g/mol. The van der Waals surface area contributed by atoms with Crippen LogP contribution in [-0.4, -0.2) is 13.1 Å². The van der Waals surface area contributed by atoms with Crippen molar-refractivity contribution in [3.05, 3.63) is 34.1 Å². The first-order valence-corrected chi connectivity index (χ1v) is 9.08. The third kappa shape index (κ3) is 7.06. The predicted octanol–water partition coefficient (Wildman–Crippen LogP) is 5.82. The van der Waals surface area contributed by atoms with E-state index in [1.165, 1.54) is 51.4 Å². The van der Waals surface area contributed by atoms with E-state index in [2.05, 4.69) is 29.3 Å². The molecule has 0 saturated carbocycles. The highest BCUT2D eigenvalue weighted by Crippen LogP contribution is 2.22. The average Bonchev–Trinajstić information content (AvgIpc) is 2.62. The molecule has 0 amide bonds. The topological polar surface area (TPSA) is 65.3 Å². The Labute approximate surface area is 145 Å². The van der Waals surface area contributed by atoms with Crippen LogP contribution >= 0.6 is 0 Å². The van der Waals surface area contributed by atoms with Crippen LogP contribution in [0.5, 0.6) is 0 Å². The number of rotatable bonds is 14. The van der Waals surface area contributed by atoms with E-state index < -0.39 is 0 Å². The molecule has 0 atom stereocenters. The van der Waals surface area contributed by atoms with E-state index in [0.717, 1.165) is 18.8 Å². The van der Waals surface area contributed by atoms with Gasteiger partial charge in [0.05, 0.1) is 16.3 Å². The summed E-state index contributed by atoms with van der Waals surface area (Å²) >= 11 is 0.